The van der Waals surface area contributed by atoms with E-state index < -0.39 is 17.3 Å². The van der Waals surface area contributed by atoms with Crippen molar-refractivity contribution in [2.75, 3.05) is 6.61 Å². The quantitative estimate of drug-likeness (QED) is 0.826. The molecule has 0 atom stereocenters. The maximum atomic E-state index is 13.3. The zero-order valence-electron chi connectivity index (χ0n) is 9.48. The van der Waals surface area contributed by atoms with Gasteiger partial charge in [-0.25, -0.2) is 9.18 Å². The van der Waals surface area contributed by atoms with E-state index in [0.29, 0.717) is 0 Å². The molecule has 0 radical (unpaired) electrons. The van der Waals surface area contributed by atoms with Gasteiger partial charge in [-0.15, -0.1) is 0 Å². The van der Waals surface area contributed by atoms with Gasteiger partial charge in [0.25, 0.3) is 5.91 Å². The summed E-state index contributed by atoms with van der Waals surface area (Å²) in [5.74, 6) is -2.79. The van der Waals surface area contributed by atoms with E-state index in [4.69, 9.17) is 9.84 Å². The van der Waals surface area contributed by atoms with Crippen molar-refractivity contribution in [3.8, 4) is 5.75 Å². The van der Waals surface area contributed by atoms with E-state index in [0.717, 1.165) is 18.9 Å². The molecule has 5 nitrogen and oxygen atoms in total. The van der Waals surface area contributed by atoms with Gasteiger partial charge in [0.2, 0.25) is 0 Å². The van der Waals surface area contributed by atoms with Crippen LogP contribution in [0.5, 0.6) is 5.75 Å². The molecule has 1 aromatic rings. The molecule has 18 heavy (non-hydrogen) atoms. The normalized spacial score (nSPS) is 14.1. The third-order valence-corrected chi connectivity index (χ3v) is 2.49. The summed E-state index contributed by atoms with van der Waals surface area (Å²) in [6.07, 6.45) is 1.90. The van der Waals surface area contributed by atoms with Crippen molar-refractivity contribution >= 4 is 11.9 Å². The van der Waals surface area contributed by atoms with Crippen LogP contribution in [-0.2, 0) is 4.79 Å². The molecule has 2 rings (SSSR count). The molecule has 1 saturated carbocycles. The van der Waals surface area contributed by atoms with Gasteiger partial charge < -0.3 is 15.2 Å². The number of nitrogens with one attached hydrogen (secondary N) is 1. The molecule has 2 N–H and O–H groups in total. The molecule has 96 valence electrons. The lowest BCUT2D eigenvalue weighted by Crippen LogP contribution is -2.30. The standard InChI is InChI=1S/C12H12FNO4/c13-8-2-1-3-9(11(8)12(16)17)18-6-10(15)14-7-4-5-7/h1-3,7H,4-6H2,(H,14,15)(H,16,17). The summed E-state index contributed by atoms with van der Waals surface area (Å²) in [7, 11) is 0. The van der Waals surface area contributed by atoms with Crippen molar-refractivity contribution in [2.45, 2.75) is 18.9 Å². The second kappa shape index (κ2) is 5.03. The Labute approximate surface area is 103 Å². The molecule has 1 aliphatic rings. The highest BCUT2D eigenvalue weighted by Gasteiger charge is 2.24. The zero-order valence-corrected chi connectivity index (χ0v) is 9.48. The summed E-state index contributed by atoms with van der Waals surface area (Å²) < 4.78 is 18.3. The molecule has 1 amide bonds. The van der Waals surface area contributed by atoms with Crippen LogP contribution < -0.4 is 10.1 Å². The third kappa shape index (κ3) is 2.97. The topological polar surface area (TPSA) is 75.6 Å². The van der Waals surface area contributed by atoms with E-state index in [1.807, 2.05) is 0 Å². The average Bonchev–Trinajstić information content (AvgIpc) is 3.09. The fourth-order valence-corrected chi connectivity index (χ4v) is 1.47. The largest absolute Gasteiger partial charge is 0.483 e. The Morgan fingerprint density at radius 1 is 1.44 bits per heavy atom. The van der Waals surface area contributed by atoms with Crippen LogP contribution in [0, 0.1) is 5.82 Å². The average molecular weight is 253 g/mol. The first-order valence-electron chi connectivity index (χ1n) is 5.52. The number of benzene rings is 1. The van der Waals surface area contributed by atoms with E-state index in [1.165, 1.54) is 12.1 Å². The van der Waals surface area contributed by atoms with Crippen LogP contribution in [0.1, 0.15) is 23.2 Å². The highest BCUT2D eigenvalue weighted by molar-refractivity contribution is 5.91. The molecule has 0 spiro atoms. The lowest BCUT2D eigenvalue weighted by atomic mass is 10.2. The lowest BCUT2D eigenvalue weighted by molar-refractivity contribution is -0.123. The number of carboxylic acid groups (broad SMARTS) is 1. The first-order valence-corrected chi connectivity index (χ1v) is 5.52. The Kier molecular flexibility index (Phi) is 3.45. The number of rotatable bonds is 5. The number of ether oxygens (including phenoxy) is 1. The Morgan fingerprint density at radius 3 is 2.78 bits per heavy atom. The fourth-order valence-electron chi connectivity index (χ4n) is 1.47. The van der Waals surface area contributed by atoms with Crippen LogP contribution in [0.2, 0.25) is 0 Å². The number of halogens is 1. The molecule has 0 aliphatic heterocycles. The van der Waals surface area contributed by atoms with E-state index >= 15 is 0 Å². The molecule has 0 heterocycles. The fraction of sp³-hybridized carbons (Fsp3) is 0.333. The van der Waals surface area contributed by atoms with Crippen molar-refractivity contribution in [3.63, 3.8) is 0 Å². The third-order valence-electron chi connectivity index (χ3n) is 2.49. The maximum Gasteiger partial charge on any atom is 0.342 e. The van der Waals surface area contributed by atoms with Gasteiger partial charge in [-0.3, -0.25) is 4.79 Å². The van der Waals surface area contributed by atoms with Crippen LogP contribution in [0.3, 0.4) is 0 Å². The van der Waals surface area contributed by atoms with Crippen molar-refractivity contribution in [3.05, 3.63) is 29.6 Å². The van der Waals surface area contributed by atoms with Gasteiger partial charge in [0.15, 0.2) is 6.61 Å². The van der Waals surface area contributed by atoms with Gasteiger partial charge in [0.05, 0.1) is 0 Å². The van der Waals surface area contributed by atoms with E-state index in [-0.39, 0.29) is 24.3 Å². The first kappa shape index (κ1) is 12.3. The van der Waals surface area contributed by atoms with Gasteiger partial charge in [-0.2, -0.15) is 0 Å². The van der Waals surface area contributed by atoms with Gasteiger partial charge in [-0.1, -0.05) is 6.07 Å². The Hall–Kier alpha value is -2.11. The summed E-state index contributed by atoms with van der Waals surface area (Å²) >= 11 is 0. The second-order valence-corrected chi connectivity index (χ2v) is 4.05. The molecule has 1 aliphatic carbocycles. The Bertz CT molecular complexity index is 485. The van der Waals surface area contributed by atoms with Gasteiger partial charge >= 0.3 is 5.97 Å². The molecule has 0 aromatic heterocycles. The van der Waals surface area contributed by atoms with E-state index in [9.17, 15) is 14.0 Å². The molecule has 1 aromatic carbocycles. The minimum Gasteiger partial charge on any atom is -0.483 e. The van der Waals surface area contributed by atoms with Crippen LogP contribution >= 0.6 is 0 Å². The van der Waals surface area contributed by atoms with Crippen LogP contribution in [0.25, 0.3) is 0 Å². The molecular formula is C12H12FNO4. The highest BCUT2D eigenvalue weighted by atomic mass is 19.1. The van der Waals surface area contributed by atoms with E-state index in [2.05, 4.69) is 5.32 Å². The Balaban J connectivity index is 2.01. The van der Waals surface area contributed by atoms with Crippen LogP contribution in [-0.4, -0.2) is 29.6 Å². The SMILES string of the molecule is O=C(COc1cccc(F)c1C(=O)O)NC1CC1. The summed E-state index contributed by atoms with van der Waals surface area (Å²) in [6.45, 7) is -0.319. The van der Waals surface area contributed by atoms with Crippen molar-refractivity contribution in [1.29, 1.82) is 0 Å². The number of carboxylic acids is 1. The Morgan fingerprint density at radius 2 is 2.17 bits per heavy atom. The number of amides is 1. The van der Waals surface area contributed by atoms with Gasteiger partial charge in [0.1, 0.15) is 17.1 Å². The predicted octanol–water partition coefficient (Wildman–Crippen LogP) is 1.18. The van der Waals surface area contributed by atoms with Crippen LogP contribution in [0.4, 0.5) is 4.39 Å². The van der Waals surface area contributed by atoms with Crippen molar-refractivity contribution < 1.29 is 23.8 Å². The zero-order chi connectivity index (χ0) is 13.1. The molecule has 6 heteroatoms. The van der Waals surface area contributed by atoms with Gasteiger partial charge in [-0.05, 0) is 25.0 Å². The monoisotopic (exact) mass is 253 g/mol. The summed E-state index contributed by atoms with van der Waals surface area (Å²) in [6, 6.07) is 3.88. The number of hydrogen-bond acceptors (Lipinski definition) is 3. The van der Waals surface area contributed by atoms with E-state index in [1.54, 1.807) is 0 Å². The number of carbonyl (C=O) groups is 2. The number of aromatic carboxylic acids is 1. The molecular weight excluding hydrogens is 241 g/mol. The molecule has 0 bridgehead atoms. The second-order valence-electron chi connectivity index (χ2n) is 4.05. The number of carbonyl (C=O) groups excluding carboxylic acids is 1. The summed E-state index contributed by atoms with van der Waals surface area (Å²) in [5, 5.41) is 11.5. The van der Waals surface area contributed by atoms with Crippen molar-refractivity contribution in [1.82, 2.24) is 5.32 Å². The molecule has 0 saturated heterocycles. The minimum atomic E-state index is -1.43. The number of hydrogen-bond donors (Lipinski definition) is 2. The summed E-state index contributed by atoms with van der Waals surface area (Å²) in [4.78, 5) is 22.2. The highest BCUT2D eigenvalue weighted by Crippen LogP contribution is 2.22. The minimum absolute atomic E-state index is 0.145. The predicted molar refractivity (Wildman–Crippen MR) is 60.0 cm³/mol. The molecule has 0 unspecified atom stereocenters. The van der Waals surface area contributed by atoms with Gasteiger partial charge in [0, 0.05) is 6.04 Å². The first-order chi connectivity index (χ1) is 8.58. The van der Waals surface area contributed by atoms with Crippen LogP contribution in [0.15, 0.2) is 18.2 Å². The maximum absolute atomic E-state index is 13.3. The lowest BCUT2D eigenvalue weighted by Gasteiger charge is -2.09. The molecule has 1 fully saturated rings. The van der Waals surface area contributed by atoms with Crippen molar-refractivity contribution in [2.24, 2.45) is 0 Å². The smallest absolute Gasteiger partial charge is 0.342 e. The summed E-state index contributed by atoms with van der Waals surface area (Å²) in [5.41, 5.74) is -0.559.